The summed E-state index contributed by atoms with van der Waals surface area (Å²) in [5, 5.41) is 4.29. The molecular weight excluding hydrogens is 374 g/mol. The van der Waals surface area contributed by atoms with Gasteiger partial charge in [-0.3, -0.25) is 9.78 Å². The second-order valence-electron chi connectivity index (χ2n) is 6.84. The second-order valence-corrected chi connectivity index (χ2v) is 6.84. The van der Waals surface area contributed by atoms with E-state index in [1.165, 1.54) is 0 Å². The Labute approximate surface area is 175 Å². The summed E-state index contributed by atoms with van der Waals surface area (Å²) in [7, 11) is 0. The normalized spacial score (nSPS) is 10.7. The quantitative estimate of drug-likeness (QED) is 0.500. The number of amides is 1. The number of nitrogens with zero attached hydrogens (tertiary/aromatic N) is 4. The van der Waals surface area contributed by atoms with Crippen LogP contribution in [0.15, 0.2) is 73.1 Å². The number of rotatable bonds is 6. The van der Waals surface area contributed by atoms with Gasteiger partial charge in [-0.05, 0) is 56.3 Å². The standard InChI is InChI=1S/C24H23N5O/c1-3-29(4-2)24(30)17-9-7-11-19(15-17)26-23-20-12-5-6-13-21(20)27-22(28-23)18-10-8-14-25-16-18/h5-16H,3-4H2,1-2H3,(H,26,27,28). The molecule has 30 heavy (non-hydrogen) atoms. The van der Waals surface area contributed by atoms with Gasteiger partial charge in [-0.25, -0.2) is 9.97 Å². The number of carbonyl (C=O) groups excluding carboxylic acids is 1. The third-order valence-electron chi connectivity index (χ3n) is 4.95. The zero-order chi connectivity index (χ0) is 20.9. The van der Waals surface area contributed by atoms with Crippen LogP contribution in [-0.2, 0) is 0 Å². The van der Waals surface area contributed by atoms with E-state index in [-0.39, 0.29) is 5.91 Å². The van der Waals surface area contributed by atoms with Crippen molar-refractivity contribution < 1.29 is 4.79 Å². The SMILES string of the molecule is CCN(CC)C(=O)c1cccc(Nc2nc(-c3cccnc3)nc3ccccc23)c1. The molecule has 2 heterocycles. The maximum atomic E-state index is 12.7. The fourth-order valence-electron chi connectivity index (χ4n) is 3.36. The Morgan fingerprint density at radius 2 is 1.80 bits per heavy atom. The third kappa shape index (κ3) is 3.98. The molecule has 0 aliphatic rings. The van der Waals surface area contributed by atoms with Crippen molar-refractivity contribution in [3.63, 3.8) is 0 Å². The second kappa shape index (κ2) is 8.69. The summed E-state index contributed by atoms with van der Waals surface area (Å²) in [6.45, 7) is 5.32. The molecule has 0 fully saturated rings. The van der Waals surface area contributed by atoms with Gasteiger partial charge in [0, 0.05) is 47.7 Å². The zero-order valence-electron chi connectivity index (χ0n) is 17.0. The molecule has 6 nitrogen and oxygen atoms in total. The van der Waals surface area contributed by atoms with Gasteiger partial charge in [0.2, 0.25) is 0 Å². The minimum absolute atomic E-state index is 0.0206. The molecule has 0 saturated heterocycles. The van der Waals surface area contributed by atoms with Crippen molar-refractivity contribution in [1.29, 1.82) is 0 Å². The van der Waals surface area contributed by atoms with Crippen molar-refractivity contribution in [3.05, 3.63) is 78.6 Å². The Bertz CT molecular complexity index is 1170. The zero-order valence-corrected chi connectivity index (χ0v) is 17.0. The molecule has 4 aromatic rings. The summed E-state index contributed by atoms with van der Waals surface area (Å²) in [6.07, 6.45) is 3.47. The minimum atomic E-state index is 0.0206. The summed E-state index contributed by atoms with van der Waals surface area (Å²) in [6, 6.07) is 19.2. The first-order chi connectivity index (χ1) is 14.7. The summed E-state index contributed by atoms with van der Waals surface area (Å²) >= 11 is 0. The maximum Gasteiger partial charge on any atom is 0.253 e. The largest absolute Gasteiger partial charge is 0.340 e. The van der Waals surface area contributed by atoms with E-state index < -0.39 is 0 Å². The van der Waals surface area contributed by atoms with Crippen molar-refractivity contribution in [3.8, 4) is 11.4 Å². The highest BCUT2D eigenvalue weighted by Gasteiger charge is 2.14. The average Bonchev–Trinajstić information content (AvgIpc) is 2.80. The fraction of sp³-hybridized carbons (Fsp3) is 0.167. The number of fused-ring (bicyclic) bond motifs is 1. The predicted octanol–water partition coefficient (Wildman–Crippen LogP) is 4.92. The van der Waals surface area contributed by atoms with Crippen LogP contribution in [0.1, 0.15) is 24.2 Å². The molecule has 0 aliphatic heterocycles. The Hall–Kier alpha value is -3.80. The smallest absolute Gasteiger partial charge is 0.253 e. The van der Waals surface area contributed by atoms with E-state index in [0.717, 1.165) is 22.2 Å². The number of para-hydroxylation sites is 1. The summed E-state index contributed by atoms with van der Waals surface area (Å²) in [5.74, 6) is 1.30. The van der Waals surface area contributed by atoms with Crippen LogP contribution in [0, 0.1) is 0 Å². The van der Waals surface area contributed by atoms with Crippen LogP contribution in [-0.4, -0.2) is 38.8 Å². The number of hydrogen-bond donors (Lipinski definition) is 1. The van der Waals surface area contributed by atoms with Crippen molar-refractivity contribution >= 4 is 28.3 Å². The van der Waals surface area contributed by atoms with E-state index in [1.54, 1.807) is 17.3 Å². The predicted molar refractivity (Wildman–Crippen MR) is 120 cm³/mol. The van der Waals surface area contributed by atoms with Gasteiger partial charge in [-0.2, -0.15) is 0 Å². The van der Waals surface area contributed by atoms with Crippen molar-refractivity contribution in [2.75, 3.05) is 18.4 Å². The number of carbonyl (C=O) groups is 1. The van der Waals surface area contributed by atoms with E-state index in [1.807, 2.05) is 74.5 Å². The van der Waals surface area contributed by atoms with E-state index >= 15 is 0 Å². The van der Waals surface area contributed by atoms with Crippen molar-refractivity contribution in [1.82, 2.24) is 19.9 Å². The minimum Gasteiger partial charge on any atom is -0.340 e. The molecule has 1 amide bonds. The van der Waals surface area contributed by atoms with Crippen LogP contribution in [0.2, 0.25) is 0 Å². The Morgan fingerprint density at radius 1 is 0.967 bits per heavy atom. The third-order valence-corrected chi connectivity index (χ3v) is 4.95. The highest BCUT2D eigenvalue weighted by Crippen LogP contribution is 2.27. The molecule has 0 radical (unpaired) electrons. The number of hydrogen-bond acceptors (Lipinski definition) is 5. The Kier molecular flexibility index (Phi) is 5.66. The molecule has 4 rings (SSSR count). The maximum absolute atomic E-state index is 12.7. The van der Waals surface area contributed by atoms with Gasteiger partial charge < -0.3 is 10.2 Å². The summed E-state index contributed by atoms with van der Waals surface area (Å²) in [4.78, 5) is 28.1. The van der Waals surface area contributed by atoms with Crippen LogP contribution in [0.3, 0.4) is 0 Å². The first-order valence-corrected chi connectivity index (χ1v) is 10.0. The van der Waals surface area contributed by atoms with E-state index in [9.17, 15) is 4.79 Å². The van der Waals surface area contributed by atoms with Gasteiger partial charge in [-0.15, -0.1) is 0 Å². The molecular formula is C24H23N5O. The number of nitrogens with one attached hydrogen (secondary N) is 1. The molecule has 6 heteroatoms. The average molecular weight is 397 g/mol. The lowest BCUT2D eigenvalue weighted by molar-refractivity contribution is 0.0773. The fourth-order valence-corrected chi connectivity index (χ4v) is 3.36. The van der Waals surface area contributed by atoms with Crippen LogP contribution < -0.4 is 5.32 Å². The molecule has 0 spiro atoms. The number of benzene rings is 2. The van der Waals surface area contributed by atoms with E-state index in [0.29, 0.717) is 30.3 Å². The van der Waals surface area contributed by atoms with Gasteiger partial charge >= 0.3 is 0 Å². The highest BCUT2D eigenvalue weighted by atomic mass is 16.2. The lowest BCUT2D eigenvalue weighted by atomic mass is 10.1. The first kappa shape index (κ1) is 19.5. The lowest BCUT2D eigenvalue weighted by Gasteiger charge is -2.19. The Balaban J connectivity index is 1.74. The van der Waals surface area contributed by atoms with Crippen molar-refractivity contribution in [2.45, 2.75) is 13.8 Å². The van der Waals surface area contributed by atoms with Crippen molar-refractivity contribution in [2.24, 2.45) is 0 Å². The highest BCUT2D eigenvalue weighted by molar-refractivity contribution is 5.96. The molecule has 0 atom stereocenters. The van der Waals surface area contributed by atoms with Crippen LogP contribution in [0.5, 0.6) is 0 Å². The van der Waals surface area contributed by atoms with Gasteiger partial charge in [0.15, 0.2) is 5.82 Å². The molecule has 0 saturated carbocycles. The molecule has 0 bridgehead atoms. The summed E-state index contributed by atoms with van der Waals surface area (Å²) < 4.78 is 0. The monoisotopic (exact) mass is 397 g/mol. The Morgan fingerprint density at radius 3 is 2.57 bits per heavy atom. The number of pyridine rings is 1. The van der Waals surface area contributed by atoms with Gasteiger partial charge in [-0.1, -0.05) is 18.2 Å². The van der Waals surface area contributed by atoms with E-state index in [2.05, 4.69) is 15.3 Å². The molecule has 2 aromatic carbocycles. The molecule has 150 valence electrons. The van der Waals surface area contributed by atoms with Gasteiger partial charge in [0.25, 0.3) is 5.91 Å². The summed E-state index contributed by atoms with van der Waals surface area (Å²) in [5.41, 5.74) is 3.13. The molecule has 2 aromatic heterocycles. The number of aromatic nitrogens is 3. The van der Waals surface area contributed by atoms with Gasteiger partial charge in [0.05, 0.1) is 5.52 Å². The molecule has 0 aliphatic carbocycles. The number of anilines is 2. The lowest BCUT2D eigenvalue weighted by Crippen LogP contribution is -2.30. The first-order valence-electron chi connectivity index (χ1n) is 10.0. The molecule has 1 N–H and O–H groups in total. The van der Waals surface area contributed by atoms with Crippen LogP contribution in [0.25, 0.3) is 22.3 Å². The van der Waals surface area contributed by atoms with Crippen LogP contribution >= 0.6 is 0 Å². The van der Waals surface area contributed by atoms with E-state index in [4.69, 9.17) is 4.98 Å². The van der Waals surface area contributed by atoms with Gasteiger partial charge in [0.1, 0.15) is 5.82 Å². The molecule has 0 unspecified atom stereocenters. The topological polar surface area (TPSA) is 71.0 Å². The van der Waals surface area contributed by atoms with Crippen LogP contribution in [0.4, 0.5) is 11.5 Å².